The van der Waals surface area contributed by atoms with E-state index < -0.39 is 0 Å². The molecule has 1 atom stereocenters. The second-order valence-corrected chi connectivity index (χ2v) is 4.04. The van der Waals surface area contributed by atoms with Gasteiger partial charge in [0.1, 0.15) is 6.04 Å². The maximum atomic E-state index is 12.0. The van der Waals surface area contributed by atoms with Crippen LogP contribution in [0.15, 0.2) is 4.99 Å². The summed E-state index contributed by atoms with van der Waals surface area (Å²) in [5, 5.41) is 8.31. The van der Waals surface area contributed by atoms with E-state index in [0.717, 1.165) is 12.8 Å². The van der Waals surface area contributed by atoms with Crippen molar-refractivity contribution in [1.29, 1.82) is 0 Å². The second-order valence-electron chi connectivity index (χ2n) is 4.04. The van der Waals surface area contributed by atoms with Crippen molar-refractivity contribution in [3.63, 3.8) is 0 Å². The second kappa shape index (κ2) is 6.83. The van der Waals surface area contributed by atoms with Gasteiger partial charge in [-0.15, -0.1) is 0 Å². The van der Waals surface area contributed by atoms with Crippen LogP contribution in [0.1, 0.15) is 12.8 Å². The molecule has 0 aromatic carbocycles. The number of hydrogen-bond acceptors (Lipinski definition) is 3. The molecule has 1 aliphatic heterocycles. The molecular weight excluding hydrogens is 234 g/mol. The minimum atomic E-state index is -0.332. The first-order chi connectivity index (χ1) is 8.63. The van der Waals surface area contributed by atoms with Gasteiger partial charge in [0.15, 0.2) is 5.96 Å². The summed E-state index contributed by atoms with van der Waals surface area (Å²) in [6, 6.07) is -0.332. The van der Waals surface area contributed by atoms with Crippen molar-refractivity contribution < 1.29 is 9.59 Å². The van der Waals surface area contributed by atoms with Gasteiger partial charge < -0.3 is 20.9 Å². The van der Waals surface area contributed by atoms with Gasteiger partial charge in [-0.2, -0.15) is 0 Å². The molecule has 0 spiro atoms. The zero-order valence-corrected chi connectivity index (χ0v) is 11.1. The van der Waals surface area contributed by atoms with Crippen LogP contribution in [0, 0.1) is 0 Å². The normalized spacial score (nSPS) is 19.6. The molecule has 1 unspecified atom stereocenters. The van der Waals surface area contributed by atoms with E-state index in [1.807, 2.05) is 0 Å². The topological polar surface area (TPSA) is 85.8 Å². The van der Waals surface area contributed by atoms with Gasteiger partial charge in [0.2, 0.25) is 11.8 Å². The number of hydrogen-bond donors (Lipinski definition) is 3. The Hall–Kier alpha value is -1.79. The molecule has 0 bridgehead atoms. The summed E-state index contributed by atoms with van der Waals surface area (Å²) < 4.78 is 0. The molecule has 0 aromatic heterocycles. The largest absolute Gasteiger partial charge is 0.359 e. The lowest BCUT2D eigenvalue weighted by Crippen LogP contribution is -2.49. The number of amides is 2. The van der Waals surface area contributed by atoms with Gasteiger partial charge in [-0.25, -0.2) is 0 Å². The fourth-order valence-electron chi connectivity index (χ4n) is 2.04. The Kier molecular flexibility index (Phi) is 5.41. The van der Waals surface area contributed by atoms with Crippen molar-refractivity contribution in [2.45, 2.75) is 18.9 Å². The van der Waals surface area contributed by atoms with Crippen molar-refractivity contribution in [1.82, 2.24) is 20.9 Å². The summed E-state index contributed by atoms with van der Waals surface area (Å²) in [6.45, 7) is 0.776. The summed E-state index contributed by atoms with van der Waals surface area (Å²) in [7, 11) is 4.94. The smallest absolute Gasteiger partial charge is 0.242 e. The summed E-state index contributed by atoms with van der Waals surface area (Å²) in [5.74, 6) is 0.371. The third-order valence-corrected chi connectivity index (χ3v) is 2.99. The number of rotatable bonds is 3. The van der Waals surface area contributed by atoms with Crippen LogP contribution in [-0.4, -0.2) is 62.9 Å². The average molecular weight is 255 g/mol. The van der Waals surface area contributed by atoms with Crippen LogP contribution in [0.3, 0.4) is 0 Å². The fourth-order valence-corrected chi connectivity index (χ4v) is 2.04. The van der Waals surface area contributed by atoms with Crippen LogP contribution in [0.25, 0.3) is 0 Å². The monoisotopic (exact) mass is 255 g/mol. The SMILES string of the molecule is CN=C(NC)NCC(=O)N1CCCC1C(=O)NC. The van der Waals surface area contributed by atoms with Gasteiger partial charge in [-0.05, 0) is 12.8 Å². The lowest BCUT2D eigenvalue weighted by molar-refractivity contribution is -0.137. The Morgan fingerprint density at radius 2 is 2.06 bits per heavy atom. The number of nitrogens with zero attached hydrogens (tertiary/aromatic N) is 2. The number of likely N-dealkylation sites (tertiary alicyclic amines) is 1. The van der Waals surface area contributed by atoms with E-state index in [1.54, 1.807) is 26.0 Å². The summed E-state index contributed by atoms with van der Waals surface area (Å²) in [4.78, 5) is 29.2. The number of carbonyl (C=O) groups is 2. The average Bonchev–Trinajstić information content (AvgIpc) is 2.88. The van der Waals surface area contributed by atoms with E-state index in [9.17, 15) is 9.59 Å². The van der Waals surface area contributed by atoms with Crippen LogP contribution >= 0.6 is 0 Å². The molecule has 0 saturated carbocycles. The highest BCUT2D eigenvalue weighted by Crippen LogP contribution is 2.17. The van der Waals surface area contributed by atoms with Gasteiger partial charge in [0.25, 0.3) is 0 Å². The molecule has 18 heavy (non-hydrogen) atoms. The molecule has 3 N–H and O–H groups in total. The first-order valence-electron chi connectivity index (χ1n) is 6.03. The number of aliphatic imine (C=N–C) groups is 1. The first kappa shape index (κ1) is 14.3. The highest BCUT2D eigenvalue weighted by atomic mass is 16.2. The van der Waals surface area contributed by atoms with Gasteiger partial charge in [-0.3, -0.25) is 14.6 Å². The van der Waals surface area contributed by atoms with E-state index in [2.05, 4.69) is 20.9 Å². The number of likely N-dealkylation sites (N-methyl/N-ethyl adjacent to an activating group) is 1. The van der Waals surface area contributed by atoms with E-state index in [-0.39, 0.29) is 24.4 Å². The van der Waals surface area contributed by atoms with E-state index in [0.29, 0.717) is 12.5 Å². The van der Waals surface area contributed by atoms with Crippen LogP contribution in [0.2, 0.25) is 0 Å². The van der Waals surface area contributed by atoms with Gasteiger partial charge >= 0.3 is 0 Å². The molecule has 2 amide bonds. The van der Waals surface area contributed by atoms with Gasteiger partial charge in [0, 0.05) is 27.7 Å². The molecular formula is C11H21N5O2. The van der Waals surface area contributed by atoms with E-state index in [4.69, 9.17) is 0 Å². The van der Waals surface area contributed by atoms with Crippen LogP contribution in [0.4, 0.5) is 0 Å². The minimum Gasteiger partial charge on any atom is -0.359 e. The Bertz CT molecular complexity index is 342. The Morgan fingerprint density at radius 3 is 2.61 bits per heavy atom. The Balaban J connectivity index is 2.53. The zero-order chi connectivity index (χ0) is 13.5. The van der Waals surface area contributed by atoms with Gasteiger partial charge in [0.05, 0.1) is 6.54 Å². The van der Waals surface area contributed by atoms with Gasteiger partial charge in [-0.1, -0.05) is 0 Å². The molecule has 1 saturated heterocycles. The summed E-state index contributed by atoms with van der Waals surface area (Å²) in [6.07, 6.45) is 1.59. The third-order valence-electron chi connectivity index (χ3n) is 2.99. The van der Waals surface area contributed by atoms with Crippen molar-refractivity contribution >= 4 is 17.8 Å². The van der Waals surface area contributed by atoms with Crippen LogP contribution in [-0.2, 0) is 9.59 Å². The lowest BCUT2D eigenvalue weighted by Gasteiger charge is -2.23. The highest BCUT2D eigenvalue weighted by molar-refractivity contribution is 5.91. The number of carbonyl (C=O) groups excluding carboxylic acids is 2. The molecule has 102 valence electrons. The predicted octanol–water partition coefficient (Wildman–Crippen LogP) is -1.48. The van der Waals surface area contributed by atoms with Crippen molar-refractivity contribution in [3.05, 3.63) is 0 Å². The number of nitrogens with one attached hydrogen (secondary N) is 3. The molecule has 7 nitrogen and oxygen atoms in total. The van der Waals surface area contributed by atoms with Crippen molar-refractivity contribution in [2.75, 3.05) is 34.2 Å². The fraction of sp³-hybridized carbons (Fsp3) is 0.727. The highest BCUT2D eigenvalue weighted by Gasteiger charge is 2.33. The Morgan fingerprint density at radius 1 is 1.33 bits per heavy atom. The third kappa shape index (κ3) is 3.35. The number of guanidine groups is 1. The van der Waals surface area contributed by atoms with E-state index in [1.165, 1.54) is 0 Å². The summed E-state index contributed by atoms with van der Waals surface area (Å²) in [5.41, 5.74) is 0. The maximum absolute atomic E-state index is 12.0. The zero-order valence-electron chi connectivity index (χ0n) is 11.1. The molecule has 1 fully saturated rings. The predicted molar refractivity (Wildman–Crippen MR) is 69.2 cm³/mol. The lowest BCUT2D eigenvalue weighted by atomic mass is 10.2. The first-order valence-corrected chi connectivity index (χ1v) is 6.03. The van der Waals surface area contributed by atoms with E-state index >= 15 is 0 Å². The minimum absolute atomic E-state index is 0.0856. The standard InChI is InChI=1S/C11H21N5O2/c1-12-10(18)8-5-4-6-16(8)9(17)7-15-11(13-2)14-3/h8H,4-7H2,1-3H3,(H,12,18)(H2,13,14,15). The molecule has 0 radical (unpaired) electrons. The molecule has 1 aliphatic rings. The van der Waals surface area contributed by atoms with Crippen molar-refractivity contribution in [2.24, 2.45) is 4.99 Å². The molecule has 1 heterocycles. The quantitative estimate of drug-likeness (QED) is 0.424. The van der Waals surface area contributed by atoms with Crippen LogP contribution in [0.5, 0.6) is 0 Å². The molecule has 1 rings (SSSR count). The molecule has 0 aromatic rings. The molecule has 7 heteroatoms. The van der Waals surface area contributed by atoms with Crippen LogP contribution < -0.4 is 16.0 Å². The Labute approximate surface area is 107 Å². The summed E-state index contributed by atoms with van der Waals surface area (Å²) >= 11 is 0. The maximum Gasteiger partial charge on any atom is 0.242 e. The van der Waals surface area contributed by atoms with Crippen molar-refractivity contribution in [3.8, 4) is 0 Å². The molecule has 0 aliphatic carbocycles.